The van der Waals surface area contributed by atoms with Crippen molar-refractivity contribution in [1.82, 2.24) is 10.2 Å². The third-order valence-electron chi connectivity index (χ3n) is 7.16. The topological polar surface area (TPSA) is 78.5 Å². The smallest absolute Gasteiger partial charge is 0.250 e. The van der Waals surface area contributed by atoms with E-state index in [1.165, 1.54) is 17.0 Å². The molecule has 6 nitrogen and oxygen atoms in total. The van der Waals surface area contributed by atoms with Crippen LogP contribution in [0.25, 0.3) is 0 Å². The molecule has 2 fully saturated rings. The molecule has 5 atom stereocenters. The molecule has 2 N–H and O–H groups in total. The van der Waals surface area contributed by atoms with E-state index in [0.29, 0.717) is 16.8 Å². The van der Waals surface area contributed by atoms with Gasteiger partial charge in [-0.15, -0.1) is 0 Å². The Kier molecular flexibility index (Phi) is 4.48. The first kappa shape index (κ1) is 19.9. The highest BCUT2D eigenvalue weighted by Crippen LogP contribution is 2.54. The maximum absolute atomic E-state index is 13.7. The number of carbonyl (C=O) groups excluding carboxylic acids is 3. The molecule has 31 heavy (non-hydrogen) atoms. The molecular weight excluding hydrogens is 397 g/mol. The summed E-state index contributed by atoms with van der Waals surface area (Å²) in [5, 5.41) is 6.35. The monoisotopic (exact) mass is 421 g/mol. The number of anilines is 1. The molecule has 7 heteroatoms. The first-order valence-corrected chi connectivity index (χ1v) is 10.7. The van der Waals surface area contributed by atoms with Crippen LogP contribution >= 0.6 is 0 Å². The Labute approximate surface area is 179 Å². The van der Waals surface area contributed by atoms with Crippen LogP contribution in [-0.2, 0) is 26.5 Å². The van der Waals surface area contributed by atoms with Gasteiger partial charge in [0.1, 0.15) is 11.4 Å². The summed E-state index contributed by atoms with van der Waals surface area (Å²) in [6.45, 7) is 4.14. The number of hydrogen-bond donors (Lipinski definition) is 2. The van der Waals surface area contributed by atoms with E-state index in [1.807, 2.05) is 38.1 Å². The van der Waals surface area contributed by atoms with Crippen molar-refractivity contribution in [2.45, 2.75) is 38.4 Å². The van der Waals surface area contributed by atoms with E-state index in [-0.39, 0.29) is 42.0 Å². The van der Waals surface area contributed by atoms with Gasteiger partial charge in [0, 0.05) is 17.3 Å². The van der Waals surface area contributed by atoms with E-state index in [4.69, 9.17) is 0 Å². The van der Waals surface area contributed by atoms with E-state index in [2.05, 4.69) is 10.6 Å². The summed E-state index contributed by atoms with van der Waals surface area (Å²) < 4.78 is 13.3. The molecular formula is C24H24FN3O3. The van der Waals surface area contributed by atoms with E-state index in [0.717, 1.165) is 6.42 Å². The number of fused-ring (bicyclic) bond motifs is 4. The molecule has 2 saturated heterocycles. The van der Waals surface area contributed by atoms with Gasteiger partial charge < -0.3 is 5.32 Å². The van der Waals surface area contributed by atoms with Crippen LogP contribution in [-0.4, -0.2) is 28.7 Å². The van der Waals surface area contributed by atoms with Gasteiger partial charge in [0.25, 0.3) is 0 Å². The molecule has 5 rings (SSSR count). The number of hydrogen-bond acceptors (Lipinski definition) is 4. The Morgan fingerprint density at radius 2 is 1.77 bits per heavy atom. The zero-order valence-electron chi connectivity index (χ0n) is 17.4. The van der Waals surface area contributed by atoms with Gasteiger partial charge in [-0.25, -0.2) is 4.39 Å². The third kappa shape index (κ3) is 2.69. The van der Waals surface area contributed by atoms with Gasteiger partial charge in [-0.1, -0.05) is 50.6 Å². The SMILES string of the molecule is CC[C@@H](C)[C@H]1N[C@]2(C(=O)Nc3ccccc32)[C@@H]2C(=O)N(Cc3ccc(F)cc3)C(=O)[C@H]12. The number of amides is 3. The number of para-hydroxylation sites is 1. The lowest BCUT2D eigenvalue weighted by atomic mass is 9.75. The lowest BCUT2D eigenvalue weighted by Gasteiger charge is -2.30. The van der Waals surface area contributed by atoms with E-state index >= 15 is 0 Å². The normalized spacial score (nSPS) is 30.0. The van der Waals surface area contributed by atoms with Crippen molar-refractivity contribution < 1.29 is 18.8 Å². The molecule has 0 aromatic heterocycles. The molecule has 160 valence electrons. The van der Waals surface area contributed by atoms with Crippen molar-refractivity contribution in [3.8, 4) is 0 Å². The average Bonchev–Trinajstić information content (AvgIpc) is 3.36. The molecule has 0 bridgehead atoms. The van der Waals surface area contributed by atoms with Crippen LogP contribution in [0.2, 0.25) is 0 Å². The Hall–Kier alpha value is -3.06. The van der Waals surface area contributed by atoms with E-state index in [9.17, 15) is 18.8 Å². The lowest BCUT2D eigenvalue weighted by molar-refractivity contribution is -0.143. The van der Waals surface area contributed by atoms with Crippen LogP contribution in [0.15, 0.2) is 48.5 Å². The Bertz CT molecular complexity index is 1090. The first-order chi connectivity index (χ1) is 14.9. The summed E-state index contributed by atoms with van der Waals surface area (Å²) in [5.41, 5.74) is 0.785. The molecule has 1 spiro atoms. The van der Waals surface area contributed by atoms with Gasteiger partial charge in [0.2, 0.25) is 17.7 Å². The molecule has 3 aliphatic rings. The number of imide groups is 1. The number of nitrogens with zero attached hydrogens (tertiary/aromatic N) is 1. The van der Waals surface area contributed by atoms with Gasteiger partial charge in [0.05, 0.1) is 18.4 Å². The Morgan fingerprint density at radius 1 is 1.06 bits per heavy atom. The molecule has 3 aliphatic heterocycles. The fourth-order valence-corrected chi connectivity index (χ4v) is 5.42. The molecule has 2 aromatic carbocycles. The van der Waals surface area contributed by atoms with Crippen LogP contribution in [0, 0.1) is 23.6 Å². The summed E-state index contributed by atoms with van der Waals surface area (Å²) in [4.78, 5) is 41.7. The third-order valence-corrected chi connectivity index (χ3v) is 7.16. The van der Waals surface area contributed by atoms with Crippen molar-refractivity contribution in [3.05, 3.63) is 65.5 Å². The minimum absolute atomic E-state index is 0.0670. The van der Waals surface area contributed by atoms with Crippen LogP contribution < -0.4 is 10.6 Å². The predicted octanol–water partition coefficient (Wildman–Crippen LogP) is 2.79. The highest BCUT2D eigenvalue weighted by Gasteiger charge is 2.70. The fourth-order valence-electron chi connectivity index (χ4n) is 5.42. The van der Waals surface area contributed by atoms with Crippen molar-refractivity contribution >= 4 is 23.4 Å². The highest BCUT2D eigenvalue weighted by molar-refractivity contribution is 6.15. The van der Waals surface area contributed by atoms with E-state index in [1.54, 1.807) is 12.1 Å². The quantitative estimate of drug-likeness (QED) is 0.745. The van der Waals surface area contributed by atoms with E-state index < -0.39 is 17.4 Å². The van der Waals surface area contributed by atoms with Crippen LogP contribution in [0.4, 0.5) is 10.1 Å². The number of rotatable bonds is 4. The molecule has 3 heterocycles. The number of halogens is 1. The van der Waals surface area contributed by atoms with Gasteiger partial charge in [-0.05, 0) is 29.7 Å². The van der Waals surface area contributed by atoms with Crippen molar-refractivity contribution in [2.75, 3.05) is 5.32 Å². The molecule has 0 saturated carbocycles. The molecule has 3 amide bonds. The van der Waals surface area contributed by atoms with Crippen LogP contribution in [0.5, 0.6) is 0 Å². The molecule has 0 radical (unpaired) electrons. The Balaban J connectivity index is 1.60. The summed E-state index contributed by atoms with van der Waals surface area (Å²) >= 11 is 0. The second kappa shape index (κ2) is 6.99. The van der Waals surface area contributed by atoms with Gasteiger partial charge >= 0.3 is 0 Å². The molecule has 0 unspecified atom stereocenters. The highest BCUT2D eigenvalue weighted by atomic mass is 19.1. The lowest BCUT2D eigenvalue weighted by Crippen LogP contribution is -2.54. The molecule has 2 aromatic rings. The van der Waals surface area contributed by atoms with Crippen LogP contribution in [0.1, 0.15) is 31.4 Å². The standard InChI is InChI=1S/C24H24FN3O3/c1-3-13(2)20-18-19(24(27-20)16-6-4-5-7-17(16)26-23(24)31)22(30)28(21(18)29)12-14-8-10-15(25)11-9-14/h4-11,13,18-20,27H,3,12H2,1-2H3,(H,26,31)/t13-,18+,19+,20-,24+/m1/s1. The number of nitrogens with one attached hydrogen (secondary N) is 2. The summed E-state index contributed by atoms with van der Waals surface area (Å²) in [5.74, 6) is -2.65. The maximum Gasteiger partial charge on any atom is 0.250 e. The van der Waals surface area contributed by atoms with Crippen molar-refractivity contribution in [1.29, 1.82) is 0 Å². The molecule has 0 aliphatic carbocycles. The second-order valence-corrected chi connectivity index (χ2v) is 8.76. The van der Waals surface area contributed by atoms with Crippen molar-refractivity contribution in [2.24, 2.45) is 17.8 Å². The van der Waals surface area contributed by atoms with Gasteiger partial charge in [-0.3, -0.25) is 24.6 Å². The maximum atomic E-state index is 13.7. The first-order valence-electron chi connectivity index (χ1n) is 10.7. The minimum atomic E-state index is -1.26. The van der Waals surface area contributed by atoms with Gasteiger partial charge in [-0.2, -0.15) is 0 Å². The summed E-state index contributed by atoms with van der Waals surface area (Å²) in [6, 6.07) is 12.8. The summed E-state index contributed by atoms with van der Waals surface area (Å²) in [7, 11) is 0. The zero-order valence-corrected chi connectivity index (χ0v) is 17.4. The number of likely N-dealkylation sites (tertiary alicyclic amines) is 1. The number of benzene rings is 2. The van der Waals surface area contributed by atoms with Gasteiger partial charge in [0.15, 0.2) is 0 Å². The minimum Gasteiger partial charge on any atom is -0.324 e. The number of carbonyl (C=O) groups is 3. The Morgan fingerprint density at radius 3 is 2.48 bits per heavy atom. The van der Waals surface area contributed by atoms with Crippen LogP contribution in [0.3, 0.4) is 0 Å². The summed E-state index contributed by atoms with van der Waals surface area (Å²) in [6.07, 6.45) is 0.805. The van der Waals surface area contributed by atoms with Crippen molar-refractivity contribution in [3.63, 3.8) is 0 Å². The second-order valence-electron chi connectivity index (χ2n) is 8.76. The predicted molar refractivity (Wildman–Crippen MR) is 112 cm³/mol. The average molecular weight is 421 g/mol. The fraction of sp³-hybridized carbons (Fsp3) is 0.375. The zero-order chi connectivity index (χ0) is 21.9. The largest absolute Gasteiger partial charge is 0.324 e.